The van der Waals surface area contributed by atoms with E-state index in [9.17, 15) is 4.79 Å². The van der Waals surface area contributed by atoms with Crippen LogP contribution in [0.15, 0.2) is 18.6 Å². The number of nitrogens with zero attached hydrogens (tertiary/aromatic N) is 5. The molecule has 100 valence electrons. The van der Waals surface area contributed by atoms with Crippen molar-refractivity contribution in [2.45, 2.75) is 12.6 Å². The van der Waals surface area contributed by atoms with Crippen molar-refractivity contribution < 1.29 is 4.79 Å². The Morgan fingerprint density at radius 2 is 2.42 bits per heavy atom. The second-order valence-corrected chi connectivity index (χ2v) is 4.59. The van der Waals surface area contributed by atoms with E-state index in [2.05, 4.69) is 25.6 Å². The average molecular weight is 261 g/mol. The molecule has 1 amide bonds. The number of H-pyrrole nitrogens is 1. The van der Waals surface area contributed by atoms with Gasteiger partial charge >= 0.3 is 0 Å². The minimum absolute atomic E-state index is 0.157. The molecule has 0 radical (unpaired) electrons. The maximum absolute atomic E-state index is 12.2. The van der Waals surface area contributed by atoms with Gasteiger partial charge in [0.2, 0.25) is 0 Å². The number of nitrogens with one attached hydrogen (secondary N) is 2. The first-order valence-electron chi connectivity index (χ1n) is 6.10. The summed E-state index contributed by atoms with van der Waals surface area (Å²) in [5, 5.41) is 11.1. The minimum Gasteiger partial charge on any atom is -0.347 e. The second-order valence-electron chi connectivity index (χ2n) is 4.59. The molecule has 0 atom stereocenters. The van der Waals surface area contributed by atoms with Gasteiger partial charge in [-0.2, -0.15) is 0 Å². The van der Waals surface area contributed by atoms with Gasteiger partial charge in [-0.05, 0) is 0 Å². The maximum atomic E-state index is 12.2. The van der Waals surface area contributed by atoms with Crippen LogP contribution in [-0.4, -0.2) is 55.9 Å². The third kappa shape index (κ3) is 2.34. The van der Waals surface area contributed by atoms with Crippen molar-refractivity contribution in [2.75, 3.05) is 20.1 Å². The lowest BCUT2D eigenvalue weighted by atomic mass is 10.2. The molecule has 0 bridgehead atoms. The van der Waals surface area contributed by atoms with Crippen LogP contribution in [0, 0.1) is 0 Å². The van der Waals surface area contributed by atoms with Gasteiger partial charge in [-0.25, -0.2) is 9.67 Å². The van der Waals surface area contributed by atoms with Gasteiger partial charge in [0.05, 0.1) is 18.8 Å². The Morgan fingerprint density at radius 3 is 3.05 bits per heavy atom. The van der Waals surface area contributed by atoms with Gasteiger partial charge in [-0.3, -0.25) is 4.79 Å². The van der Waals surface area contributed by atoms with Gasteiger partial charge in [0.25, 0.3) is 5.91 Å². The lowest BCUT2D eigenvalue weighted by Crippen LogP contribution is -2.43. The summed E-state index contributed by atoms with van der Waals surface area (Å²) in [4.78, 5) is 20.8. The molecular weight excluding hydrogens is 246 g/mol. The zero-order valence-corrected chi connectivity index (χ0v) is 10.6. The summed E-state index contributed by atoms with van der Waals surface area (Å²) in [6.07, 6.45) is 5.09. The fourth-order valence-corrected chi connectivity index (χ4v) is 1.89. The molecule has 3 heterocycles. The fourth-order valence-electron chi connectivity index (χ4n) is 1.89. The van der Waals surface area contributed by atoms with Crippen molar-refractivity contribution in [1.82, 2.24) is 35.2 Å². The number of aromatic nitrogens is 5. The zero-order valence-electron chi connectivity index (χ0n) is 10.6. The Morgan fingerprint density at radius 1 is 1.58 bits per heavy atom. The molecule has 0 spiro atoms. The van der Waals surface area contributed by atoms with Gasteiger partial charge in [0.1, 0.15) is 5.82 Å². The average Bonchev–Trinajstić information content (AvgIpc) is 2.97. The SMILES string of the molecule is CN(Cc1ncc[nH]1)C(=O)c1cn(C2CNC2)nn1. The molecule has 2 N–H and O–H groups in total. The number of carbonyl (C=O) groups excluding carboxylic acids is 1. The largest absolute Gasteiger partial charge is 0.347 e. The van der Waals surface area contributed by atoms with Gasteiger partial charge in [-0.15, -0.1) is 5.10 Å². The van der Waals surface area contributed by atoms with E-state index in [1.807, 2.05) is 0 Å². The Bertz CT molecular complexity index is 557. The Balaban J connectivity index is 1.67. The highest BCUT2D eigenvalue weighted by atomic mass is 16.2. The van der Waals surface area contributed by atoms with Crippen molar-refractivity contribution in [2.24, 2.45) is 0 Å². The Labute approximate surface area is 109 Å². The smallest absolute Gasteiger partial charge is 0.276 e. The fraction of sp³-hybridized carbons (Fsp3) is 0.455. The first-order chi connectivity index (χ1) is 9.24. The number of rotatable bonds is 4. The van der Waals surface area contributed by atoms with Gasteiger partial charge in [0, 0.05) is 32.5 Å². The second kappa shape index (κ2) is 4.81. The monoisotopic (exact) mass is 261 g/mol. The molecule has 1 aliphatic heterocycles. The molecule has 8 nitrogen and oxygen atoms in total. The van der Waals surface area contributed by atoms with E-state index in [1.165, 1.54) is 0 Å². The first-order valence-corrected chi connectivity index (χ1v) is 6.10. The molecule has 1 aliphatic rings. The molecule has 0 saturated carbocycles. The zero-order chi connectivity index (χ0) is 13.2. The van der Waals surface area contributed by atoms with E-state index >= 15 is 0 Å². The van der Waals surface area contributed by atoms with Crippen molar-refractivity contribution in [3.05, 3.63) is 30.1 Å². The van der Waals surface area contributed by atoms with Crippen molar-refractivity contribution in [3.63, 3.8) is 0 Å². The highest BCUT2D eigenvalue weighted by molar-refractivity contribution is 5.91. The number of aromatic amines is 1. The summed E-state index contributed by atoms with van der Waals surface area (Å²) in [5.74, 6) is 0.585. The Kier molecular flexibility index (Phi) is 3.00. The van der Waals surface area contributed by atoms with Crippen LogP contribution in [-0.2, 0) is 6.54 Å². The summed E-state index contributed by atoms with van der Waals surface area (Å²) < 4.78 is 1.74. The lowest BCUT2D eigenvalue weighted by Gasteiger charge is -2.26. The Hall–Kier alpha value is -2.22. The molecule has 0 unspecified atom stereocenters. The van der Waals surface area contributed by atoms with Crippen LogP contribution < -0.4 is 5.32 Å². The quantitative estimate of drug-likeness (QED) is 0.768. The van der Waals surface area contributed by atoms with Gasteiger partial charge in [0.15, 0.2) is 5.69 Å². The number of amides is 1. The third-order valence-corrected chi connectivity index (χ3v) is 3.15. The molecular formula is C11H15N7O. The molecule has 8 heteroatoms. The maximum Gasteiger partial charge on any atom is 0.276 e. The summed E-state index contributed by atoms with van der Waals surface area (Å²) in [7, 11) is 1.72. The summed E-state index contributed by atoms with van der Waals surface area (Å²) >= 11 is 0. The molecule has 2 aromatic rings. The number of hydrogen-bond donors (Lipinski definition) is 2. The summed E-state index contributed by atoms with van der Waals surface area (Å²) in [6.45, 7) is 2.17. The highest BCUT2D eigenvalue weighted by Gasteiger charge is 2.23. The number of carbonyl (C=O) groups is 1. The number of hydrogen-bond acceptors (Lipinski definition) is 5. The van der Waals surface area contributed by atoms with Crippen LogP contribution in [0.4, 0.5) is 0 Å². The van der Waals surface area contributed by atoms with Gasteiger partial charge < -0.3 is 15.2 Å². The molecule has 0 aromatic carbocycles. The predicted octanol–water partition coefficient (Wildman–Crippen LogP) is -0.582. The standard InChI is InChI=1S/C11H15N7O/c1-17(7-10-13-2-3-14-10)11(19)9-6-18(16-15-9)8-4-12-5-8/h2-3,6,8,12H,4-5,7H2,1H3,(H,13,14). The predicted molar refractivity (Wildman–Crippen MR) is 66.3 cm³/mol. The highest BCUT2D eigenvalue weighted by Crippen LogP contribution is 2.11. The normalized spacial score (nSPS) is 15.2. The molecule has 0 aliphatic carbocycles. The van der Waals surface area contributed by atoms with E-state index in [-0.39, 0.29) is 5.91 Å². The van der Waals surface area contributed by atoms with Crippen molar-refractivity contribution in [1.29, 1.82) is 0 Å². The topological polar surface area (TPSA) is 91.7 Å². The van der Waals surface area contributed by atoms with Crippen molar-refractivity contribution in [3.8, 4) is 0 Å². The van der Waals surface area contributed by atoms with Crippen LogP contribution in [0.2, 0.25) is 0 Å². The van der Waals surface area contributed by atoms with E-state index < -0.39 is 0 Å². The van der Waals surface area contributed by atoms with Crippen molar-refractivity contribution >= 4 is 5.91 Å². The molecule has 2 aromatic heterocycles. The van der Waals surface area contributed by atoms with E-state index in [1.54, 1.807) is 35.2 Å². The molecule has 3 rings (SSSR count). The first kappa shape index (κ1) is 11.8. The molecule has 1 saturated heterocycles. The lowest BCUT2D eigenvalue weighted by molar-refractivity contribution is 0.0776. The third-order valence-electron chi connectivity index (χ3n) is 3.15. The van der Waals surface area contributed by atoms with Crippen LogP contribution >= 0.6 is 0 Å². The van der Waals surface area contributed by atoms with E-state index in [4.69, 9.17) is 0 Å². The van der Waals surface area contributed by atoms with E-state index in [0.717, 1.165) is 18.9 Å². The van der Waals surface area contributed by atoms with Crippen LogP contribution in [0.5, 0.6) is 0 Å². The molecule has 19 heavy (non-hydrogen) atoms. The van der Waals surface area contributed by atoms with Gasteiger partial charge in [-0.1, -0.05) is 5.21 Å². The van der Waals surface area contributed by atoms with Crippen LogP contribution in [0.3, 0.4) is 0 Å². The molecule has 1 fully saturated rings. The van der Waals surface area contributed by atoms with E-state index in [0.29, 0.717) is 18.3 Å². The minimum atomic E-state index is -0.157. The van der Waals surface area contributed by atoms with Crippen LogP contribution in [0.1, 0.15) is 22.4 Å². The summed E-state index contributed by atoms with van der Waals surface area (Å²) in [5.41, 5.74) is 0.362. The van der Waals surface area contributed by atoms with Crippen LogP contribution in [0.25, 0.3) is 0 Å². The summed E-state index contributed by atoms with van der Waals surface area (Å²) in [6, 6.07) is 0.310. The number of imidazole rings is 1.